The topological polar surface area (TPSA) is 69.7 Å². The number of ether oxygens (including phenoxy) is 2. The van der Waals surface area contributed by atoms with Gasteiger partial charge in [-0.3, -0.25) is 14.4 Å². The molecule has 0 aromatic heterocycles. The monoisotopic (exact) mass is 476 g/mol. The molecule has 3 atom stereocenters. The van der Waals surface area contributed by atoms with Gasteiger partial charge < -0.3 is 9.47 Å². The van der Waals surface area contributed by atoms with Crippen molar-refractivity contribution < 1.29 is 23.9 Å². The molecule has 0 amide bonds. The van der Waals surface area contributed by atoms with Crippen LogP contribution in [0.3, 0.4) is 0 Å². The number of methoxy groups -OCH3 is 1. The molecule has 178 valence electrons. The molecule has 3 unspecified atom stereocenters. The number of Topliss-reactive ketones (excluding diaryl/α,β-unsaturated/α-hetero) is 3. The van der Waals surface area contributed by atoms with Crippen molar-refractivity contribution >= 4 is 17.3 Å². The number of benzene rings is 4. The van der Waals surface area contributed by atoms with Crippen LogP contribution >= 0.6 is 0 Å². The molecule has 0 aliphatic carbocycles. The first-order valence-corrected chi connectivity index (χ1v) is 11.7. The van der Waals surface area contributed by atoms with Crippen molar-refractivity contribution in [2.45, 2.75) is 12.0 Å². The maximum Gasteiger partial charge on any atom is 0.203 e. The van der Waals surface area contributed by atoms with Crippen molar-refractivity contribution in [2.24, 2.45) is 5.92 Å². The molecular weight excluding hydrogens is 452 g/mol. The molecule has 5 nitrogen and oxygen atoms in total. The molecule has 1 aliphatic heterocycles. The minimum Gasteiger partial charge on any atom is -0.497 e. The quantitative estimate of drug-likeness (QED) is 0.237. The van der Waals surface area contributed by atoms with Gasteiger partial charge in [-0.2, -0.15) is 0 Å². The Morgan fingerprint density at radius 1 is 0.667 bits per heavy atom. The minimum absolute atomic E-state index is 0.273. The summed E-state index contributed by atoms with van der Waals surface area (Å²) in [4.78, 5) is 41.7. The van der Waals surface area contributed by atoms with E-state index < -0.39 is 17.9 Å². The van der Waals surface area contributed by atoms with E-state index in [2.05, 4.69) is 0 Å². The molecule has 1 heterocycles. The average molecular weight is 477 g/mol. The lowest BCUT2D eigenvalue weighted by Gasteiger charge is -2.26. The van der Waals surface area contributed by atoms with Gasteiger partial charge in [0.05, 0.1) is 13.0 Å². The van der Waals surface area contributed by atoms with Crippen molar-refractivity contribution in [1.29, 1.82) is 0 Å². The van der Waals surface area contributed by atoms with E-state index in [-0.39, 0.29) is 17.3 Å². The molecule has 1 aliphatic rings. The lowest BCUT2D eigenvalue weighted by Crippen LogP contribution is -2.40. The minimum atomic E-state index is -1.16. The van der Waals surface area contributed by atoms with Gasteiger partial charge in [-0.15, -0.1) is 0 Å². The zero-order chi connectivity index (χ0) is 25.1. The molecule has 0 saturated heterocycles. The molecule has 0 bridgehead atoms. The van der Waals surface area contributed by atoms with Gasteiger partial charge in [-0.05, 0) is 30.3 Å². The van der Waals surface area contributed by atoms with Crippen LogP contribution in [-0.4, -0.2) is 30.6 Å². The van der Waals surface area contributed by atoms with E-state index in [1.807, 2.05) is 30.3 Å². The zero-order valence-corrected chi connectivity index (χ0v) is 19.7. The van der Waals surface area contributed by atoms with Crippen LogP contribution in [0, 0.1) is 5.92 Å². The normalized spacial score (nSPS) is 16.9. The van der Waals surface area contributed by atoms with Crippen molar-refractivity contribution in [1.82, 2.24) is 0 Å². The largest absolute Gasteiger partial charge is 0.497 e. The van der Waals surface area contributed by atoms with Crippen LogP contribution in [0.4, 0.5) is 0 Å². The Hall–Kier alpha value is -4.51. The van der Waals surface area contributed by atoms with E-state index in [1.165, 1.54) is 0 Å². The first kappa shape index (κ1) is 23.2. The van der Waals surface area contributed by atoms with Gasteiger partial charge in [0.15, 0.2) is 17.7 Å². The number of carbonyl (C=O) groups is 3. The zero-order valence-electron chi connectivity index (χ0n) is 19.7. The van der Waals surface area contributed by atoms with E-state index in [0.29, 0.717) is 33.8 Å². The fraction of sp³-hybridized carbons (Fsp3) is 0.129. The smallest absolute Gasteiger partial charge is 0.203 e. The average Bonchev–Trinajstić information content (AvgIpc) is 3.33. The molecule has 0 fully saturated rings. The Balaban J connectivity index is 1.64. The molecule has 4 aromatic carbocycles. The first-order chi connectivity index (χ1) is 17.6. The van der Waals surface area contributed by atoms with Crippen LogP contribution in [-0.2, 0) is 0 Å². The second-order valence-corrected chi connectivity index (χ2v) is 8.63. The van der Waals surface area contributed by atoms with Crippen molar-refractivity contribution in [3.8, 4) is 11.5 Å². The summed E-state index contributed by atoms with van der Waals surface area (Å²) in [5, 5.41) is 0. The standard InChI is InChI=1S/C31H24O5/c1-35-23-18-16-22(17-19-23)29(33)27(28(32)20-10-4-2-5-11-20)26-24-14-8-9-15-25(24)36-31(26)30(34)21-12-6-3-7-13-21/h2-19,26-27,31H,1H3. The Bertz CT molecular complexity index is 1390. The molecule has 5 heteroatoms. The van der Waals surface area contributed by atoms with Gasteiger partial charge in [0.1, 0.15) is 11.5 Å². The number of rotatable bonds is 8. The molecule has 5 rings (SSSR count). The van der Waals surface area contributed by atoms with Crippen molar-refractivity contribution in [2.75, 3.05) is 7.11 Å². The maximum absolute atomic E-state index is 14.0. The Kier molecular flexibility index (Phi) is 6.46. The third-order valence-electron chi connectivity index (χ3n) is 6.53. The van der Waals surface area contributed by atoms with Crippen LogP contribution in [0.25, 0.3) is 0 Å². The van der Waals surface area contributed by atoms with Crippen molar-refractivity contribution in [3.63, 3.8) is 0 Å². The van der Waals surface area contributed by atoms with Gasteiger partial charge in [0.2, 0.25) is 5.78 Å². The summed E-state index contributed by atoms with van der Waals surface area (Å²) in [5.41, 5.74) is 1.89. The summed E-state index contributed by atoms with van der Waals surface area (Å²) < 4.78 is 11.4. The second kappa shape index (κ2) is 10.0. The highest BCUT2D eigenvalue weighted by Crippen LogP contribution is 2.45. The van der Waals surface area contributed by atoms with E-state index in [0.717, 1.165) is 0 Å². The van der Waals surface area contributed by atoms with Crippen LogP contribution in [0.15, 0.2) is 109 Å². The molecule has 4 aromatic rings. The van der Waals surface area contributed by atoms with Crippen molar-refractivity contribution in [3.05, 3.63) is 131 Å². The summed E-state index contributed by atoms with van der Waals surface area (Å²) in [5.74, 6) is -1.85. The summed E-state index contributed by atoms with van der Waals surface area (Å²) in [6.07, 6.45) is -1.02. The van der Waals surface area contributed by atoms with E-state index in [9.17, 15) is 14.4 Å². The highest BCUT2D eigenvalue weighted by Gasteiger charge is 2.49. The third kappa shape index (κ3) is 4.31. The van der Waals surface area contributed by atoms with E-state index in [1.54, 1.807) is 86.0 Å². The fourth-order valence-electron chi connectivity index (χ4n) is 4.74. The molecule has 0 spiro atoms. The highest BCUT2D eigenvalue weighted by molar-refractivity contribution is 6.17. The number of para-hydroxylation sites is 1. The number of fused-ring (bicyclic) bond motifs is 1. The van der Waals surface area contributed by atoms with Crippen LogP contribution in [0.2, 0.25) is 0 Å². The van der Waals surface area contributed by atoms with Gasteiger partial charge >= 0.3 is 0 Å². The third-order valence-corrected chi connectivity index (χ3v) is 6.53. The second-order valence-electron chi connectivity index (χ2n) is 8.63. The number of carbonyl (C=O) groups excluding carboxylic acids is 3. The van der Waals surface area contributed by atoms with E-state index in [4.69, 9.17) is 9.47 Å². The summed E-state index contributed by atoms with van der Waals surface area (Å²) in [7, 11) is 1.55. The van der Waals surface area contributed by atoms with E-state index >= 15 is 0 Å². The lowest BCUT2D eigenvalue weighted by molar-refractivity contribution is 0.0669. The number of ketones is 3. The molecule has 36 heavy (non-hydrogen) atoms. The van der Waals surface area contributed by atoms with Gasteiger partial charge in [0.25, 0.3) is 0 Å². The number of hydrogen-bond acceptors (Lipinski definition) is 5. The SMILES string of the molecule is COc1ccc(C(=O)C(C(=O)c2ccccc2)C2c3ccccc3OC2C(=O)c2ccccc2)cc1. The lowest BCUT2D eigenvalue weighted by atomic mass is 9.74. The van der Waals surface area contributed by atoms with Gasteiger partial charge in [0, 0.05) is 28.2 Å². The summed E-state index contributed by atoms with van der Waals surface area (Å²) in [6.45, 7) is 0. The number of hydrogen-bond donors (Lipinski definition) is 0. The van der Waals surface area contributed by atoms with Crippen LogP contribution < -0.4 is 9.47 Å². The summed E-state index contributed by atoms with van der Waals surface area (Å²) >= 11 is 0. The Morgan fingerprint density at radius 3 is 1.81 bits per heavy atom. The predicted octanol–water partition coefficient (Wildman–Crippen LogP) is 5.80. The van der Waals surface area contributed by atoms with Gasteiger partial charge in [-0.25, -0.2) is 0 Å². The summed E-state index contributed by atoms with van der Waals surface area (Å²) in [6, 6.07) is 31.4. The molecule has 0 radical (unpaired) electrons. The maximum atomic E-state index is 14.0. The first-order valence-electron chi connectivity index (χ1n) is 11.7. The van der Waals surface area contributed by atoms with Crippen LogP contribution in [0.5, 0.6) is 11.5 Å². The molecule has 0 saturated carbocycles. The van der Waals surface area contributed by atoms with Crippen LogP contribution in [0.1, 0.15) is 42.6 Å². The molecule has 0 N–H and O–H groups in total. The molecular formula is C31H24O5. The Morgan fingerprint density at radius 2 is 1.19 bits per heavy atom. The Labute approximate surface area is 209 Å². The fourth-order valence-corrected chi connectivity index (χ4v) is 4.74. The highest BCUT2D eigenvalue weighted by atomic mass is 16.5. The van der Waals surface area contributed by atoms with Gasteiger partial charge in [-0.1, -0.05) is 78.9 Å². The predicted molar refractivity (Wildman–Crippen MR) is 136 cm³/mol.